The number of rotatable bonds is 9. The number of nitrogen functional groups attached to an aromatic ring is 1. The molecule has 7 nitrogen and oxygen atoms in total. The lowest BCUT2D eigenvalue weighted by atomic mass is 10.2. The summed E-state index contributed by atoms with van der Waals surface area (Å²) in [5, 5.41) is 8.74. The quantitative estimate of drug-likeness (QED) is 0.283. The molecular formula is C22H27NO6. The molecule has 0 heterocycles. The molecule has 156 valence electrons. The summed E-state index contributed by atoms with van der Waals surface area (Å²) < 4.78 is 15.3. The van der Waals surface area contributed by atoms with Crippen LogP contribution in [0.1, 0.15) is 30.1 Å². The first-order valence-electron chi connectivity index (χ1n) is 9.01. The highest BCUT2D eigenvalue weighted by atomic mass is 16.5. The van der Waals surface area contributed by atoms with Crippen molar-refractivity contribution in [1.82, 2.24) is 0 Å². The van der Waals surface area contributed by atoms with Crippen molar-refractivity contribution in [1.29, 1.82) is 0 Å². The third kappa shape index (κ3) is 9.86. The molecule has 0 aliphatic rings. The maximum atomic E-state index is 11.1. The first-order chi connectivity index (χ1) is 13.8. The molecule has 7 heteroatoms. The molecule has 0 amide bonds. The fourth-order valence-electron chi connectivity index (χ4n) is 1.98. The summed E-state index contributed by atoms with van der Waals surface area (Å²) >= 11 is 0. The number of hydrogen-bond acceptors (Lipinski definition) is 6. The summed E-state index contributed by atoms with van der Waals surface area (Å²) in [6.45, 7) is 5.92. The summed E-state index contributed by atoms with van der Waals surface area (Å²) in [4.78, 5) is 21.7. The SMILES string of the molecule is C=C(C)C(=O)OCCCCOc1ccc(C(=O)O)cc1.COc1ccc(N)cc1. The van der Waals surface area contributed by atoms with Crippen molar-refractivity contribution < 1.29 is 28.9 Å². The van der Waals surface area contributed by atoms with Crippen LogP contribution >= 0.6 is 0 Å². The van der Waals surface area contributed by atoms with Gasteiger partial charge in [0.05, 0.1) is 25.9 Å². The number of esters is 1. The van der Waals surface area contributed by atoms with Gasteiger partial charge in [-0.1, -0.05) is 6.58 Å². The van der Waals surface area contributed by atoms with Gasteiger partial charge in [0.1, 0.15) is 11.5 Å². The zero-order valence-corrected chi connectivity index (χ0v) is 16.7. The number of unbranched alkanes of at least 4 members (excludes halogenated alkanes) is 1. The minimum Gasteiger partial charge on any atom is -0.497 e. The minimum absolute atomic E-state index is 0.226. The highest BCUT2D eigenvalue weighted by Gasteiger charge is 2.03. The molecule has 2 rings (SSSR count). The van der Waals surface area contributed by atoms with E-state index in [0.717, 1.165) is 17.9 Å². The third-order valence-corrected chi connectivity index (χ3v) is 3.61. The summed E-state index contributed by atoms with van der Waals surface area (Å²) in [5.41, 5.74) is 6.80. The summed E-state index contributed by atoms with van der Waals surface area (Å²) in [5.74, 6) is 0.115. The van der Waals surface area contributed by atoms with Crippen LogP contribution in [0.3, 0.4) is 0 Å². The van der Waals surface area contributed by atoms with E-state index in [4.69, 9.17) is 25.1 Å². The van der Waals surface area contributed by atoms with Gasteiger partial charge in [0.25, 0.3) is 0 Å². The number of carbonyl (C=O) groups excluding carboxylic acids is 1. The zero-order chi connectivity index (χ0) is 21.6. The van der Waals surface area contributed by atoms with Gasteiger partial charge in [-0.3, -0.25) is 0 Å². The number of nitrogens with two attached hydrogens (primary N) is 1. The molecule has 0 aromatic heterocycles. The second-order valence-corrected chi connectivity index (χ2v) is 6.07. The van der Waals surface area contributed by atoms with E-state index in [2.05, 4.69) is 6.58 Å². The lowest BCUT2D eigenvalue weighted by Gasteiger charge is -2.07. The van der Waals surface area contributed by atoms with Gasteiger partial charge in [0.2, 0.25) is 0 Å². The molecule has 0 fully saturated rings. The lowest BCUT2D eigenvalue weighted by molar-refractivity contribution is -0.139. The van der Waals surface area contributed by atoms with Gasteiger partial charge in [-0.2, -0.15) is 0 Å². The van der Waals surface area contributed by atoms with E-state index in [1.807, 2.05) is 12.1 Å². The fraction of sp³-hybridized carbons (Fsp3) is 0.273. The average Bonchev–Trinajstić information content (AvgIpc) is 2.71. The molecular weight excluding hydrogens is 374 g/mol. The van der Waals surface area contributed by atoms with Crippen LogP contribution < -0.4 is 15.2 Å². The van der Waals surface area contributed by atoms with Crippen molar-refractivity contribution in [2.75, 3.05) is 26.1 Å². The van der Waals surface area contributed by atoms with Crippen LogP contribution in [0.4, 0.5) is 5.69 Å². The van der Waals surface area contributed by atoms with Crippen molar-refractivity contribution in [2.24, 2.45) is 0 Å². The molecule has 0 radical (unpaired) electrons. The Morgan fingerprint density at radius 2 is 1.52 bits per heavy atom. The van der Waals surface area contributed by atoms with E-state index in [-0.39, 0.29) is 11.5 Å². The van der Waals surface area contributed by atoms with Crippen LogP contribution in [-0.4, -0.2) is 37.4 Å². The largest absolute Gasteiger partial charge is 0.497 e. The van der Waals surface area contributed by atoms with Gasteiger partial charge in [-0.25, -0.2) is 9.59 Å². The molecule has 0 bridgehead atoms. The van der Waals surface area contributed by atoms with Gasteiger partial charge in [-0.05, 0) is 68.3 Å². The Balaban J connectivity index is 0.000000387. The van der Waals surface area contributed by atoms with Crippen molar-refractivity contribution >= 4 is 17.6 Å². The predicted molar refractivity (Wildman–Crippen MR) is 111 cm³/mol. The molecule has 0 saturated carbocycles. The van der Waals surface area contributed by atoms with E-state index in [0.29, 0.717) is 31.0 Å². The molecule has 0 unspecified atom stereocenters. The maximum absolute atomic E-state index is 11.1. The van der Waals surface area contributed by atoms with E-state index in [9.17, 15) is 9.59 Å². The molecule has 2 aromatic carbocycles. The first kappa shape index (κ1) is 23.6. The number of methoxy groups -OCH3 is 1. The summed E-state index contributed by atoms with van der Waals surface area (Å²) in [6, 6.07) is 13.5. The van der Waals surface area contributed by atoms with Crippen LogP contribution in [-0.2, 0) is 9.53 Å². The Hall–Kier alpha value is -3.48. The normalized spacial score (nSPS) is 9.59. The topological polar surface area (TPSA) is 108 Å². The van der Waals surface area contributed by atoms with Crippen LogP contribution in [0, 0.1) is 0 Å². The highest BCUT2D eigenvalue weighted by molar-refractivity contribution is 5.87. The minimum atomic E-state index is -0.962. The molecule has 0 aliphatic carbocycles. The van der Waals surface area contributed by atoms with Crippen molar-refractivity contribution in [3.63, 3.8) is 0 Å². The van der Waals surface area contributed by atoms with Gasteiger partial charge in [-0.15, -0.1) is 0 Å². The Morgan fingerprint density at radius 3 is 2.03 bits per heavy atom. The van der Waals surface area contributed by atoms with Gasteiger partial charge in [0, 0.05) is 11.3 Å². The number of aromatic carboxylic acids is 1. The van der Waals surface area contributed by atoms with Crippen molar-refractivity contribution in [3.05, 3.63) is 66.2 Å². The Bertz CT molecular complexity index is 784. The maximum Gasteiger partial charge on any atom is 0.335 e. The van der Waals surface area contributed by atoms with Gasteiger partial charge >= 0.3 is 11.9 Å². The number of carbonyl (C=O) groups is 2. The highest BCUT2D eigenvalue weighted by Crippen LogP contribution is 2.13. The fourth-order valence-corrected chi connectivity index (χ4v) is 1.98. The smallest absolute Gasteiger partial charge is 0.335 e. The zero-order valence-electron chi connectivity index (χ0n) is 16.7. The number of carboxylic acid groups (broad SMARTS) is 1. The second kappa shape index (κ2) is 12.8. The first-order valence-corrected chi connectivity index (χ1v) is 9.01. The molecule has 0 spiro atoms. The third-order valence-electron chi connectivity index (χ3n) is 3.61. The average molecular weight is 401 g/mol. The van der Waals surface area contributed by atoms with E-state index < -0.39 is 5.97 Å². The summed E-state index contributed by atoms with van der Waals surface area (Å²) in [7, 11) is 1.63. The standard InChI is InChI=1S/C15H18O5.C7H9NO/c1-11(2)15(18)20-10-4-3-9-19-13-7-5-12(6-8-13)14(16)17;1-9-7-4-2-6(8)3-5-7/h5-8H,1,3-4,9-10H2,2H3,(H,16,17);2-5H,8H2,1H3. The van der Waals surface area contributed by atoms with Gasteiger partial charge in [0.15, 0.2) is 0 Å². The second-order valence-electron chi connectivity index (χ2n) is 6.07. The van der Waals surface area contributed by atoms with E-state index in [1.165, 1.54) is 12.1 Å². The number of carboxylic acids is 1. The molecule has 0 saturated heterocycles. The molecule has 0 atom stereocenters. The number of ether oxygens (including phenoxy) is 3. The molecule has 29 heavy (non-hydrogen) atoms. The monoisotopic (exact) mass is 401 g/mol. The molecule has 2 aromatic rings. The number of hydrogen-bond donors (Lipinski definition) is 2. The molecule has 0 aliphatic heterocycles. The van der Waals surface area contributed by atoms with Crippen molar-refractivity contribution in [3.8, 4) is 11.5 Å². The lowest BCUT2D eigenvalue weighted by Crippen LogP contribution is -2.07. The Labute approximate surface area is 170 Å². The van der Waals surface area contributed by atoms with Gasteiger partial charge < -0.3 is 25.1 Å². The number of benzene rings is 2. The van der Waals surface area contributed by atoms with Crippen LogP contribution in [0.15, 0.2) is 60.7 Å². The van der Waals surface area contributed by atoms with E-state index >= 15 is 0 Å². The number of anilines is 1. The van der Waals surface area contributed by atoms with E-state index in [1.54, 1.807) is 38.3 Å². The van der Waals surface area contributed by atoms with Crippen LogP contribution in [0.25, 0.3) is 0 Å². The van der Waals surface area contributed by atoms with Crippen molar-refractivity contribution in [2.45, 2.75) is 19.8 Å². The predicted octanol–water partition coefficient (Wildman–Crippen LogP) is 3.94. The Morgan fingerprint density at radius 1 is 0.966 bits per heavy atom. The van der Waals surface area contributed by atoms with Crippen LogP contribution in [0.2, 0.25) is 0 Å². The van der Waals surface area contributed by atoms with Crippen LogP contribution in [0.5, 0.6) is 11.5 Å². The Kier molecular flexibility index (Phi) is 10.4. The summed E-state index contributed by atoms with van der Waals surface area (Å²) in [6.07, 6.45) is 1.44. The molecule has 3 N–H and O–H groups in total.